The minimum Gasteiger partial charge on any atom is -0.229 e. The van der Waals surface area contributed by atoms with Gasteiger partial charge in [0.2, 0.25) is 10.0 Å². The van der Waals surface area contributed by atoms with Gasteiger partial charge < -0.3 is 0 Å². The molecule has 5 heteroatoms. The maximum absolute atomic E-state index is 10.6. The molecule has 0 aliphatic rings. The van der Waals surface area contributed by atoms with Gasteiger partial charge in [0.15, 0.2) is 0 Å². The topological polar surface area (TPSA) is 60.2 Å². The number of rotatable bonds is 4. The molecule has 2 N–H and O–H groups in total. The number of sulfonamides is 1. The van der Waals surface area contributed by atoms with Crippen LogP contribution in [-0.2, 0) is 10.0 Å². The lowest BCUT2D eigenvalue weighted by Gasteiger charge is -2.13. The molecule has 0 heterocycles. The van der Waals surface area contributed by atoms with E-state index in [0.717, 1.165) is 0 Å². The first-order valence-electron chi connectivity index (χ1n) is 4.47. The molecule has 0 aliphatic carbocycles. The second-order valence-electron chi connectivity index (χ2n) is 3.17. The molecule has 0 bridgehead atoms. The van der Waals surface area contributed by atoms with E-state index in [1.807, 2.05) is 13.8 Å². The largest absolute Gasteiger partial charge is 0.229 e. The second kappa shape index (κ2) is 8.67. The molecule has 14 heavy (non-hydrogen) atoms. The highest BCUT2D eigenvalue weighted by atomic mass is 127. The Bertz CT molecular complexity index is 239. The molecule has 3 nitrogen and oxygen atoms in total. The van der Waals surface area contributed by atoms with E-state index in [2.05, 4.69) is 36.1 Å². The summed E-state index contributed by atoms with van der Waals surface area (Å²) in [5.74, 6) is 0.260. The smallest absolute Gasteiger partial charge is 0.209 e. The lowest BCUT2D eigenvalue weighted by atomic mass is 9.99. The maximum Gasteiger partial charge on any atom is 0.209 e. The first-order valence-corrected chi connectivity index (χ1v) is 7.71. The number of hydrogen-bond acceptors (Lipinski definition) is 2. The van der Waals surface area contributed by atoms with Crippen LogP contribution in [0.15, 0.2) is 12.7 Å². The van der Waals surface area contributed by atoms with Crippen LogP contribution in [0.3, 0.4) is 0 Å². The van der Waals surface area contributed by atoms with E-state index in [9.17, 15) is 8.42 Å². The summed E-state index contributed by atoms with van der Waals surface area (Å²) in [6.45, 7) is 9.45. The van der Waals surface area contributed by atoms with Crippen LogP contribution < -0.4 is 5.14 Å². The van der Waals surface area contributed by atoms with Gasteiger partial charge in [-0.25, -0.2) is 13.6 Å². The van der Waals surface area contributed by atoms with Crippen LogP contribution in [0.4, 0.5) is 0 Å². The van der Waals surface area contributed by atoms with Gasteiger partial charge in [-0.1, -0.05) is 49.4 Å². The zero-order valence-corrected chi connectivity index (χ0v) is 12.0. The van der Waals surface area contributed by atoms with Crippen molar-refractivity contribution in [3.8, 4) is 0 Å². The van der Waals surface area contributed by atoms with Crippen LogP contribution in [0.1, 0.15) is 20.8 Å². The van der Waals surface area contributed by atoms with Gasteiger partial charge in [-0.15, -0.1) is 6.58 Å². The second-order valence-corrected chi connectivity index (χ2v) is 6.35. The minimum atomic E-state index is -3.33. The van der Waals surface area contributed by atoms with Crippen LogP contribution in [-0.4, -0.2) is 18.6 Å². The minimum absolute atomic E-state index is 0.0280. The molecule has 0 saturated carbocycles. The fourth-order valence-corrected chi connectivity index (χ4v) is 1.79. The molecule has 0 aromatic carbocycles. The van der Waals surface area contributed by atoms with E-state index in [0.29, 0.717) is 0 Å². The van der Waals surface area contributed by atoms with E-state index in [1.54, 1.807) is 6.08 Å². The molecule has 0 radical (unpaired) electrons. The molecular formula is C9H20INO2S. The van der Waals surface area contributed by atoms with Crippen LogP contribution >= 0.6 is 22.6 Å². The Morgan fingerprint density at radius 1 is 1.50 bits per heavy atom. The fourth-order valence-electron chi connectivity index (χ4n) is 0.751. The van der Waals surface area contributed by atoms with Gasteiger partial charge in [-0.3, -0.25) is 0 Å². The molecule has 0 aromatic heterocycles. The van der Waals surface area contributed by atoms with E-state index in [1.165, 1.54) is 4.43 Å². The number of halogens is 1. The van der Waals surface area contributed by atoms with E-state index in [-0.39, 0.29) is 17.6 Å². The first kappa shape index (κ1) is 16.8. The van der Waals surface area contributed by atoms with Crippen LogP contribution in [0.25, 0.3) is 0 Å². The quantitative estimate of drug-likeness (QED) is 0.487. The third kappa shape index (κ3) is 12.4. The van der Waals surface area contributed by atoms with Crippen molar-refractivity contribution in [1.82, 2.24) is 0 Å². The molecule has 0 fully saturated rings. The molecule has 86 valence electrons. The number of hydrogen-bond donors (Lipinski definition) is 1. The lowest BCUT2D eigenvalue weighted by molar-refractivity contribution is 0.495. The Balaban J connectivity index is 0. The van der Waals surface area contributed by atoms with Gasteiger partial charge in [0.1, 0.15) is 0 Å². The molecule has 0 rings (SSSR count). The Morgan fingerprint density at radius 2 is 1.86 bits per heavy atom. The predicted octanol–water partition coefficient (Wildman–Crippen LogP) is 2.17. The number of allylic oxidation sites excluding steroid dienone is 1. The van der Waals surface area contributed by atoms with Crippen LogP contribution in [0, 0.1) is 11.8 Å². The highest BCUT2D eigenvalue weighted by Gasteiger charge is 2.14. The summed E-state index contributed by atoms with van der Waals surface area (Å²) < 4.78 is 22.4. The molecule has 2 atom stereocenters. The van der Waals surface area contributed by atoms with Crippen molar-refractivity contribution in [1.29, 1.82) is 0 Å². The molecule has 0 unspecified atom stereocenters. The molecule has 0 aromatic rings. The predicted molar refractivity (Wildman–Crippen MR) is 71.1 cm³/mol. The first-order chi connectivity index (χ1) is 6.28. The number of alkyl halides is 1. The summed E-state index contributed by atoms with van der Waals surface area (Å²) in [5, 5.41) is 4.87. The Labute approximate surface area is 101 Å². The highest BCUT2D eigenvalue weighted by molar-refractivity contribution is 14.1. The average Bonchev–Trinajstić information content (AvgIpc) is 2.01. The fraction of sp³-hybridized carbons (Fsp3) is 0.778. The van der Waals surface area contributed by atoms with Gasteiger partial charge in [0, 0.05) is 0 Å². The number of nitrogens with two attached hydrogens (primary N) is 1. The summed E-state index contributed by atoms with van der Waals surface area (Å²) in [7, 11) is -3.33. The highest BCUT2D eigenvalue weighted by Crippen LogP contribution is 2.12. The van der Waals surface area contributed by atoms with Gasteiger partial charge in [-0.2, -0.15) is 0 Å². The normalized spacial score (nSPS) is 14.9. The summed E-state index contributed by atoms with van der Waals surface area (Å²) in [5.41, 5.74) is 0. The summed E-state index contributed by atoms with van der Waals surface area (Å²) in [6, 6.07) is 0. The standard InChI is InChI=1S/C7H15NO2S.C2H5I/c1-4-6(2)7(3)5-11(8,9)10;1-2-3/h4,6-7H,1,5H2,2-3H3,(H2,8,9,10);2H2,1H3/t6-,7+;/m0./s1. The lowest BCUT2D eigenvalue weighted by Crippen LogP contribution is -2.24. The monoisotopic (exact) mass is 333 g/mol. The summed E-state index contributed by atoms with van der Waals surface area (Å²) in [4.78, 5) is 0. The maximum atomic E-state index is 10.6. The van der Waals surface area contributed by atoms with E-state index >= 15 is 0 Å². The Morgan fingerprint density at radius 3 is 2.07 bits per heavy atom. The zero-order chi connectivity index (χ0) is 11.8. The van der Waals surface area contributed by atoms with Crippen LogP contribution in [0.5, 0.6) is 0 Å². The molecule has 0 spiro atoms. The SMILES string of the molecule is C=C[C@H](C)[C@H](C)CS(N)(=O)=O.CCI. The van der Waals surface area contributed by atoms with Gasteiger partial charge in [0.05, 0.1) is 5.75 Å². The van der Waals surface area contributed by atoms with Crippen LogP contribution in [0.2, 0.25) is 0 Å². The Kier molecular flexibility index (Phi) is 10.4. The van der Waals surface area contributed by atoms with Gasteiger partial charge in [-0.05, 0) is 16.3 Å². The van der Waals surface area contributed by atoms with Gasteiger partial charge >= 0.3 is 0 Å². The van der Waals surface area contributed by atoms with Crippen molar-refractivity contribution in [3.05, 3.63) is 12.7 Å². The molecule has 0 amide bonds. The van der Waals surface area contributed by atoms with Crippen molar-refractivity contribution < 1.29 is 8.42 Å². The average molecular weight is 333 g/mol. The van der Waals surface area contributed by atoms with Crippen molar-refractivity contribution in [2.75, 3.05) is 10.2 Å². The summed E-state index contributed by atoms with van der Waals surface area (Å²) in [6.07, 6.45) is 1.73. The van der Waals surface area contributed by atoms with E-state index < -0.39 is 10.0 Å². The number of primary sulfonamides is 1. The van der Waals surface area contributed by atoms with Crippen molar-refractivity contribution in [3.63, 3.8) is 0 Å². The van der Waals surface area contributed by atoms with Gasteiger partial charge in [0.25, 0.3) is 0 Å². The Hall–Kier alpha value is 0.380. The molecule has 0 saturated heterocycles. The summed E-state index contributed by atoms with van der Waals surface area (Å²) >= 11 is 2.29. The third-order valence-electron chi connectivity index (χ3n) is 1.76. The van der Waals surface area contributed by atoms with Crippen molar-refractivity contribution in [2.24, 2.45) is 17.0 Å². The molecular weight excluding hydrogens is 313 g/mol. The zero-order valence-electron chi connectivity index (χ0n) is 9.03. The van der Waals surface area contributed by atoms with E-state index in [4.69, 9.17) is 5.14 Å². The third-order valence-corrected chi connectivity index (χ3v) is 2.75. The van der Waals surface area contributed by atoms with Crippen molar-refractivity contribution >= 4 is 32.6 Å². The van der Waals surface area contributed by atoms with Crippen molar-refractivity contribution in [2.45, 2.75) is 20.8 Å². The molecule has 0 aliphatic heterocycles.